The number of nitriles is 1. The van der Waals surface area contributed by atoms with E-state index in [1.165, 1.54) is 13.2 Å². The minimum atomic E-state index is -0.539. The molecule has 1 N–H and O–H groups in total. The highest BCUT2D eigenvalue weighted by molar-refractivity contribution is 5.72. The highest BCUT2D eigenvalue weighted by Gasteiger charge is 2.11. The van der Waals surface area contributed by atoms with Crippen molar-refractivity contribution in [3.63, 3.8) is 0 Å². The van der Waals surface area contributed by atoms with Crippen LogP contribution in [0, 0.1) is 11.3 Å². The van der Waals surface area contributed by atoms with E-state index in [0.29, 0.717) is 17.0 Å². The van der Waals surface area contributed by atoms with E-state index in [1.54, 1.807) is 35.0 Å². The molecule has 0 fully saturated rings. The molecular formula is C15H11N5O2. The lowest BCUT2D eigenvalue weighted by atomic mass is 10.1. The summed E-state index contributed by atoms with van der Waals surface area (Å²) in [6.45, 7) is 0. The van der Waals surface area contributed by atoms with E-state index in [9.17, 15) is 4.79 Å². The molecular weight excluding hydrogens is 282 g/mol. The largest absolute Gasteiger partial charge is 0.412 e. The van der Waals surface area contributed by atoms with Crippen LogP contribution < -0.4 is 10.1 Å². The summed E-state index contributed by atoms with van der Waals surface area (Å²) in [5, 5.41) is 15.6. The number of nitrogens with zero attached hydrogens (tertiary/aromatic N) is 4. The molecule has 1 aromatic carbocycles. The first-order valence-electron chi connectivity index (χ1n) is 6.46. The lowest BCUT2D eigenvalue weighted by molar-refractivity contribution is 0.203. The summed E-state index contributed by atoms with van der Waals surface area (Å²) in [5.41, 5.74) is 2.42. The number of ether oxygens (including phenoxy) is 1. The van der Waals surface area contributed by atoms with Crippen molar-refractivity contribution in [2.75, 3.05) is 7.05 Å². The zero-order valence-electron chi connectivity index (χ0n) is 11.6. The van der Waals surface area contributed by atoms with Crippen molar-refractivity contribution >= 4 is 11.7 Å². The molecule has 0 radical (unpaired) electrons. The average Bonchev–Trinajstić information content (AvgIpc) is 2.98. The number of fused-ring (bicyclic) bond motifs is 1. The first-order valence-corrected chi connectivity index (χ1v) is 6.46. The van der Waals surface area contributed by atoms with Crippen molar-refractivity contribution in [1.82, 2.24) is 19.9 Å². The summed E-state index contributed by atoms with van der Waals surface area (Å²) in [6, 6.07) is 10.9. The number of amides is 1. The Labute approximate surface area is 125 Å². The lowest BCUT2D eigenvalue weighted by Crippen LogP contribution is -2.21. The van der Waals surface area contributed by atoms with Gasteiger partial charge in [-0.3, -0.25) is 0 Å². The van der Waals surface area contributed by atoms with E-state index in [0.717, 1.165) is 11.3 Å². The van der Waals surface area contributed by atoms with Crippen LogP contribution in [0.25, 0.3) is 16.9 Å². The zero-order chi connectivity index (χ0) is 15.5. The van der Waals surface area contributed by atoms with Gasteiger partial charge in [-0.2, -0.15) is 10.4 Å². The fraction of sp³-hybridized carbons (Fsp3) is 0.0667. The second-order valence-corrected chi connectivity index (χ2v) is 4.40. The molecule has 0 bridgehead atoms. The summed E-state index contributed by atoms with van der Waals surface area (Å²) in [6.07, 6.45) is 2.54. The SMILES string of the molecule is CNC(=O)Oc1cccc(-c2ccnc3c(C#N)cnn23)c1. The van der Waals surface area contributed by atoms with Crippen molar-refractivity contribution in [1.29, 1.82) is 5.26 Å². The van der Waals surface area contributed by atoms with Crippen LogP contribution in [-0.4, -0.2) is 27.7 Å². The van der Waals surface area contributed by atoms with Gasteiger partial charge in [0.25, 0.3) is 0 Å². The molecule has 0 unspecified atom stereocenters. The van der Waals surface area contributed by atoms with Gasteiger partial charge in [-0.1, -0.05) is 12.1 Å². The minimum Gasteiger partial charge on any atom is -0.410 e. The molecule has 108 valence electrons. The van der Waals surface area contributed by atoms with Crippen LogP contribution in [0.2, 0.25) is 0 Å². The number of benzene rings is 1. The fourth-order valence-electron chi connectivity index (χ4n) is 2.07. The lowest BCUT2D eigenvalue weighted by Gasteiger charge is -2.07. The smallest absolute Gasteiger partial charge is 0.410 e. The Morgan fingerprint density at radius 1 is 1.41 bits per heavy atom. The van der Waals surface area contributed by atoms with Gasteiger partial charge in [0.2, 0.25) is 0 Å². The Bertz CT molecular complexity index is 894. The first-order chi connectivity index (χ1) is 10.7. The van der Waals surface area contributed by atoms with E-state index in [-0.39, 0.29) is 0 Å². The maximum atomic E-state index is 11.3. The van der Waals surface area contributed by atoms with Gasteiger partial charge in [-0.15, -0.1) is 0 Å². The summed E-state index contributed by atoms with van der Waals surface area (Å²) >= 11 is 0. The molecule has 7 heteroatoms. The van der Waals surface area contributed by atoms with Crippen LogP contribution in [-0.2, 0) is 0 Å². The standard InChI is InChI=1S/C15H11N5O2/c1-17-15(21)22-12-4-2-3-10(7-12)13-5-6-18-14-11(8-16)9-19-20(13)14/h2-7,9H,1H3,(H,17,21). The van der Waals surface area contributed by atoms with E-state index < -0.39 is 6.09 Å². The topological polar surface area (TPSA) is 92.3 Å². The van der Waals surface area contributed by atoms with E-state index in [4.69, 9.17) is 10.00 Å². The Balaban J connectivity index is 2.08. The summed E-state index contributed by atoms with van der Waals surface area (Å²) in [7, 11) is 1.49. The third-order valence-corrected chi connectivity index (χ3v) is 3.07. The van der Waals surface area contributed by atoms with Crippen LogP contribution in [0.3, 0.4) is 0 Å². The Morgan fingerprint density at radius 2 is 2.27 bits per heavy atom. The van der Waals surface area contributed by atoms with Crippen molar-refractivity contribution in [2.45, 2.75) is 0 Å². The van der Waals surface area contributed by atoms with Crippen LogP contribution >= 0.6 is 0 Å². The van der Waals surface area contributed by atoms with E-state index in [2.05, 4.69) is 21.5 Å². The van der Waals surface area contributed by atoms with E-state index in [1.807, 2.05) is 6.07 Å². The maximum Gasteiger partial charge on any atom is 0.412 e. The monoisotopic (exact) mass is 293 g/mol. The molecule has 1 amide bonds. The molecule has 0 spiro atoms. The molecule has 7 nitrogen and oxygen atoms in total. The van der Waals surface area contributed by atoms with E-state index >= 15 is 0 Å². The van der Waals surface area contributed by atoms with Gasteiger partial charge < -0.3 is 10.1 Å². The normalized spacial score (nSPS) is 10.2. The summed E-state index contributed by atoms with van der Waals surface area (Å²) in [4.78, 5) is 15.5. The second kappa shape index (κ2) is 5.54. The molecule has 3 rings (SSSR count). The molecule has 0 aliphatic heterocycles. The van der Waals surface area contributed by atoms with Crippen molar-refractivity contribution in [2.24, 2.45) is 0 Å². The summed E-state index contributed by atoms with van der Waals surface area (Å²) in [5.74, 6) is 0.412. The predicted molar refractivity (Wildman–Crippen MR) is 78.2 cm³/mol. The second-order valence-electron chi connectivity index (χ2n) is 4.40. The maximum absolute atomic E-state index is 11.3. The Morgan fingerprint density at radius 3 is 3.05 bits per heavy atom. The Hall–Kier alpha value is -3.40. The molecule has 22 heavy (non-hydrogen) atoms. The molecule has 0 atom stereocenters. The molecule has 0 aliphatic carbocycles. The third kappa shape index (κ3) is 2.33. The van der Waals surface area contributed by atoms with Crippen LogP contribution in [0.15, 0.2) is 42.7 Å². The van der Waals surface area contributed by atoms with Gasteiger partial charge >= 0.3 is 6.09 Å². The highest BCUT2D eigenvalue weighted by atomic mass is 16.5. The zero-order valence-corrected chi connectivity index (χ0v) is 11.6. The predicted octanol–water partition coefficient (Wildman–Crippen LogP) is 1.99. The fourth-order valence-corrected chi connectivity index (χ4v) is 2.07. The number of aromatic nitrogens is 3. The van der Waals surface area contributed by atoms with Gasteiger partial charge in [-0.25, -0.2) is 14.3 Å². The number of hydrogen-bond donors (Lipinski definition) is 1. The molecule has 2 heterocycles. The summed E-state index contributed by atoms with van der Waals surface area (Å²) < 4.78 is 6.70. The highest BCUT2D eigenvalue weighted by Crippen LogP contribution is 2.24. The van der Waals surface area contributed by atoms with Gasteiger partial charge in [0.15, 0.2) is 5.65 Å². The first kappa shape index (κ1) is 13.6. The molecule has 0 saturated carbocycles. The minimum absolute atomic E-state index is 0.402. The number of carbonyl (C=O) groups is 1. The molecule has 0 saturated heterocycles. The van der Waals surface area contributed by atoms with Gasteiger partial charge in [0.1, 0.15) is 17.4 Å². The quantitative estimate of drug-likeness (QED) is 0.780. The van der Waals surface area contributed by atoms with Gasteiger partial charge in [-0.05, 0) is 18.2 Å². The van der Waals surface area contributed by atoms with Crippen molar-refractivity contribution < 1.29 is 9.53 Å². The number of nitrogens with one attached hydrogen (secondary N) is 1. The average molecular weight is 293 g/mol. The van der Waals surface area contributed by atoms with Crippen molar-refractivity contribution in [3.8, 4) is 23.1 Å². The van der Waals surface area contributed by atoms with Crippen LogP contribution in [0.5, 0.6) is 5.75 Å². The molecule has 2 aromatic heterocycles. The molecule has 3 aromatic rings. The molecule has 0 aliphatic rings. The van der Waals surface area contributed by atoms with Crippen molar-refractivity contribution in [3.05, 3.63) is 48.3 Å². The van der Waals surface area contributed by atoms with Crippen LogP contribution in [0.1, 0.15) is 5.56 Å². The van der Waals surface area contributed by atoms with Gasteiger partial charge in [0, 0.05) is 18.8 Å². The number of carbonyl (C=O) groups excluding carboxylic acids is 1. The number of rotatable bonds is 2. The Kier molecular flexibility index (Phi) is 3.42. The third-order valence-electron chi connectivity index (χ3n) is 3.07. The van der Waals surface area contributed by atoms with Gasteiger partial charge in [0.05, 0.1) is 11.9 Å². The number of hydrogen-bond acceptors (Lipinski definition) is 5. The van der Waals surface area contributed by atoms with Crippen LogP contribution in [0.4, 0.5) is 4.79 Å².